The summed E-state index contributed by atoms with van der Waals surface area (Å²) >= 11 is 0. The van der Waals surface area contributed by atoms with Gasteiger partial charge in [0.05, 0.1) is 11.9 Å². The van der Waals surface area contributed by atoms with Crippen molar-refractivity contribution in [3.8, 4) is 5.75 Å². The smallest absolute Gasteiger partial charge is 0.387 e. The van der Waals surface area contributed by atoms with Crippen LogP contribution in [0.5, 0.6) is 5.75 Å². The lowest BCUT2D eigenvalue weighted by atomic mass is 10.2. The fourth-order valence-electron chi connectivity index (χ4n) is 1.97. The van der Waals surface area contributed by atoms with Gasteiger partial charge in [0.1, 0.15) is 11.4 Å². The van der Waals surface area contributed by atoms with Crippen molar-refractivity contribution in [2.24, 2.45) is 0 Å². The Kier molecular flexibility index (Phi) is 3.27. The summed E-state index contributed by atoms with van der Waals surface area (Å²) in [5.41, 5.74) is 1.27. The van der Waals surface area contributed by atoms with Crippen LogP contribution in [-0.4, -0.2) is 27.7 Å². The number of fused-ring (bicyclic) bond motifs is 1. The summed E-state index contributed by atoms with van der Waals surface area (Å²) in [5, 5.41) is 9.29. The fraction of sp³-hybridized carbons (Fsp3) is 0.0769. The van der Waals surface area contributed by atoms with Gasteiger partial charge in [-0.3, -0.25) is 9.89 Å². The number of anilines is 1. The number of rotatable bonds is 4. The lowest BCUT2D eigenvalue weighted by molar-refractivity contribution is -0.0487. The van der Waals surface area contributed by atoms with Crippen LogP contribution in [0.25, 0.3) is 10.9 Å². The molecule has 8 heteroatoms. The molecule has 1 aromatic carbocycles. The number of halogens is 2. The third-order valence-electron chi connectivity index (χ3n) is 2.84. The molecule has 0 aliphatic heterocycles. The number of ether oxygens (including phenoxy) is 1. The minimum atomic E-state index is -2.92. The molecule has 3 aromatic rings. The minimum absolute atomic E-state index is 0.0149. The van der Waals surface area contributed by atoms with Crippen LogP contribution in [0.2, 0.25) is 0 Å². The molecule has 6 nitrogen and oxygen atoms in total. The Balaban J connectivity index is 1.91. The van der Waals surface area contributed by atoms with Crippen molar-refractivity contribution < 1.29 is 18.3 Å². The highest BCUT2D eigenvalue weighted by atomic mass is 19.3. The molecule has 108 valence electrons. The number of hydrogen-bond donors (Lipinski definition) is 3. The normalized spacial score (nSPS) is 11.0. The quantitative estimate of drug-likeness (QED) is 0.691. The van der Waals surface area contributed by atoms with Crippen LogP contribution in [0.4, 0.5) is 14.5 Å². The van der Waals surface area contributed by atoms with Gasteiger partial charge in [-0.15, -0.1) is 0 Å². The Hall–Kier alpha value is -2.90. The third kappa shape index (κ3) is 2.69. The number of nitrogens with zero attached hydrogens (tertiary/aromatic N) is 1. The standard InChI is InChI=1S/C13H10F2N4O2/c14-13(15)21-11-3-1-2-9-8(11)4-10(19-9)12(20)18-7-5-16-17-6-7/h1-6,13,19H,(H,16,17)(H,18,20). The Labute approximate surface area is 117 Å². The van der Waals surface area contributed by atoms with E-state index in [2.05, 4.69) is 25.2 Å². The lowest BCUT2D eigenvalue weighted by Gasteiger charge is -2.04. The second-order valence-electron chi connectivity index (χ2n) is 4.22. The Morgan fingerprint density at radius 3 is 2.95 bits per heavy atom. The second kappa shape index (κ2) is 5.23. The summed E-state index contributed by atoms with van der Waals surface area (Å²) in [6.45, 7) is -2.92. The molecule has 2 heterocycles. The molecule has 0 unspecified atom stereocenters. The third-order valence-corrected chi connectivity index (χ3v) is 2.84. The van der Waals surface area contributed by atoms with Crippen LogP contribution in [0.15, 0.2) is 36.7 Å². The molecule has 0 fully saturated rings. The topological polar surface area (TPSA) is 82.8 Å². The van der Waals surface area contributed by atoms with Crippen molar-refractivity contribution in [1.82, 2.24) is 15.2 Å². The summed E-state index contributed by atoms with van der Waals surface area (Å²) in [4.78, 5) is 14.9. The molecule has 0 aliphatic rings. The molecule has 0 bridgehead atoms. The van der Waals surface area contributed by atoms with Crippen molar-refractivity contribution in [1.29, 1.82) is 0 Å². The average molecular weight is 292 g/mol. The van der Waals surface area contributed by atoms with Gasteiger partial charge in [-0.05, 0) is 18.2 Å². The van der Waals surface area contributed by atoms with E-state index in [1.807, 2.05) is 0 Å². The zero-order chi connectivity index (χ0) is 14.8. The Morgan fingerprint density at radius 2 is 2.24 bits per heavy atom. The molecule has 21 heavy (non-hydrogen) atoms. The van der Waals surface area contributed by atoms with Gasteiger partial charge in [-0.2, -0.15) is 13.9 Å². The van der Waals surface area contributed by atoms with Crippen LogP contribution in [0.3, 0.4) is 0 Å². The molecule has 0 radical (unpaired) electrons. The molecule has 1 amide bonds. The van der Waals surface area contributed by atoms with Gasteiger partial charge >= 0.3 is 6.61 Å². The van der Waals surface area contributed by atoms with Crippen LogP contribution < -0.4 is 10.1 Å². The van der Waals surface area contributed by atoms with Gasteiger partial charge in [0.2, 0.25) is 0 Å². The highest BCUT2D eigenvalue weighted by molar-refractivity contribution is 6.06. The first-order valence-corrected chi connectivity index (χ1v) is 6.00. The van der Waals surface area contributed by atoms with Crippen LogP contribution in [0.1, 0.15) is 10.5 Å². The molecular weight excluding hydrogens is 282 g/mol. The first-order valence-electron chi connectivity index (χ1n) is 6.00. The lowest BCUT2D eigenvalue weighted by Crippen LogP contribution is -2.11. The summed E-state index contributed by atoms with van der Waals surface area (Å²) in [6, 6.07) is 6.11. The predicted molar refractivity (Wildman–Crippen MR) is 71.5 cm³/mol. The minimum Gasteiger partial charge on any atom is -0.434 e. The van der Waals surface area contributed by atoms with Crippen molar-refractivity contribution in [2.45, 2.75) is 6.61 Å². The first kappa shape index (κ1) is 13.1. The average Bonchev–Trinajstić information content (AvgIpc) is 3.06. The molecule has 0 saturated heterocycles. The zero-order valence-electron chi connectivity index (χ0n) is 10.6. The number of amides is 1. The van der Waals surface area contributed by atoms with E-state index >= 15 is 0 Å². The van der Waals surface area contributed by atoms with E-state index in [9.17, 15) is 13.6 Å². The number of aromatic nitrogens is 3. The van der Waals surface area contributed by atoms with Crippen LogP contribution >= 0.6 is 0 Å². The van der Waals surface area contributed by atoms with Crippen LogP contribution in [-0.2, 0) is 0 Å². The number of benzene rings is 1. The molecule has 0 saturated carbocycles. The van der Waals surface area contributed by atoms with E-state index in [1.54, 1.807) is 12.1 Å². The molecule has 3 N–H and O–H groups in total. The van der Waals surface area contributed by atoms with Crippen molar-refractivity contribution in [3.05, 3.63) is 42.4 Å². The first-order chi connectivity index (χ1) is 10.1. The summed E-state index contributed by atoms with van der Waals surface area (Å²) in [6.07, 6.45) is 2.97. The van der Waals surface area contributed by atoms with E-state index in [-0.39, 0.29) is 11.4 Å². The highest BCUT2D eigenvalue weighted by Gasteiger charge is 2.14. The molecule has 0 aliphatic carbocycles. The predicted octanol–water partition coefficient (Wildman–Crippen LogP) is 2.74. The van der Waals surface area contributed by atoms with E-state index < -0.39 is 12.5 Å². The fourth-order valence-corrected chi connectivity index (χ4v) is 1.97. The van der Waals surface area contributed by atoms with Gasteiger partial charge in [-0.25, -0.2) is 0 Å². The maximum Gasteiger partial charge on any atom is 0.387 e. The van der Waals surface area contributed by atoms with E-state index in [0.717, 1.165) is 0 Å². The van der Waals surface area contributed by atoms with Crippen LogP contribution in [0, 0.1) is 0 Å². The van der Waals surface area contributed by atoms with E-state index in [4.69, 9.17) is 0 Å². The number of carbonyl (C=O) groups is 1. The molecular formula is C13H10F2N4O2. The molecule has 0 spiro atoms. The number of nitrogens with one attached hydrogen (secondary N) is 3. The van der Waals surface area contributed by atoms with Gasteiger partial charge < -0.3 is 15.0 Å². The second-order valence-corrected chi connectivity index (χ2v) is 4.22. The number of carbonyl (C=O) groups excluding carboxylic acids is 1. The number of alkyl halides is 2. The largest absolute Gasteiger partial charge is 0.434 e. The van der Waals surface area contributed by atoms with Gasteiger partial charge in [0.25, 0.3) is 5.91 Å². The number of H-pyrrole nitrogens is 2. The molecule has 0 atom stereocenters. The maximum absolute atomic E-state index is 12.3. The highest BCUT2D eigenvalue weighted by Crippen LogP contribution is 2.27. The Morgan fingerprint density at radius 1 is 1.38 bits per heavy atom. The van der Waals surface area contributed by atoms with E-state index in [0.29, 0.717) is 16.6 Å². The summed E-state index contributed by atoms with van der Waals surface area (Å²) in [5.74, 6) is -0.392. The van der Waals surface area contributed by atoms with Crippen molar-refractivity contribution in [2.75, 3.05) is 5.32 Å². The van der Waals surface area contributed by atoms with E-state index in [1.165, 1.54) is 24.5 Å². The molecule has 3 rings (SSSR count). The summed E-state index contributed by atoms with van der Waals surface area (Å²) in [7, 11) is 0. The van der Waals surface area contributed by atoms with Crippen molar-refractivity contribution >= 4 is 22.5 Å². The van der Waals surface area contributed by atoms with Crippen molar-refractivity contribution in [3.63, 3.8) is 0 Å². The van der Waals surface area contributed by atoms with Gasteiger partial charge in [0, 0.05) is 17.1 Å². The van der Waals surface area contributed by atoms with Gasteiger partial charge in [0.15, 0.2) is 0 Å². The maximum atomic E-state index is 12.3. The summed E-state index contributed by atoms with van der Waals surface area (Å²) < 4.78 is 29.1. The molecule has 2 aromatic heterocycles. The van der Waals surface area contributed by atoms with Gasteiger partial charge in [-0.1, -0.05) is 6.07 Å². The Bertz CT molecular complexity index is 768. The number of hydrogen-bond acceptors (Lipinski definition) is 3. The zero-order valence-corrected chi connectivity index (χ0v) is 10.6. The monoisotopic (exact) mass is 292 g/mol. The SMILES string of the molecule is O=C(Nc1cn[nH]c1)c1cc2c(OC(F)F)cccc2[nH]1. The number of aromatic amines is 2.